The number of nitrogens with two attached hydrogens (primary N) is 1. The van der Waals surface area contributed by atoms with Crippen molar-refractivity contribution in [3.05, 3.63) is 88.7 Å². The maximum absolute atomic E-state index is 13.3. The van der Waals surface area contributed by atoms with Crippen LogP contribution in [0.2, 0.25) is 5.02 Å². The van der Waals surface area contributed by atoms with Crippen molar-refractivity contribution < 1.29 is 18.7 Å². The topological polar surface area (TPSA) is 86.3 Å². The molecule has 6 nitrogen and oxygen atoms in total. The molecule has 8 heteroatoms. The van der Waals surface area contributed by atoms with Gasteiger partial charge in [0.15, 0.2) is 0 Å². The Morgan fingerprint density at radius 3 is 2.48 bits per heavy atom. The fraction of sp³-hybridized carbons (Fsp3) is 0.0435. The summed E-state index contributed by atoms with van der Waals surface area (Å²) in [6, 6.07) is 16.8. The van der Waals surface area contributed by atoms with Gasteiger partial charge in [-0.05, 0) is 48.5 Å². The highest BCUT2D eigenvalue weighted by Gasteiger charge is 2.25. The maximum atomic E-state index is 13.3. The lowest BCUT2D eigenvalue weighted by molar-refractivity contribution is 0.0967. The molecule has 0 radical (unpaired) electrons. The maximum Gasteiger partial charge on any atom is 0.263 e. The van der Waals surface area contributed by atoms with Crippen molar-refractivity contribution in [1.29, 1.82) is 0 Å². The average Bonchev–Trinajstić information content (AvgIpc) is 3.05. The molecule has 1 heterocycles. The molecule has 0 spiro atoms. The molecule has 4 aromatic rings. The molecule has 0 aliphatic heterocycles. The number of aromatic nitrogens is 1. The second-order valence-corrected chi connectivity index (χ2v) is 7.16. The van der Waals surface area contributed by atoms with Gasteiger partial charge >= 0.3 is 0 Å². The number of hydrogen-bond acceptors (Lipinski definition) is 4. The summed E-state index contributed by atoms with van der Waals surface area (Å²) >= 11 is 6.05. The van der Waals surface area contributed by atoms with E-state index in [1.807, 2.05) is 0 Å². The summed E-state index contributed by atoms with van der Waals surface area (Å²) in [5, 5.41) is 3.66. The molecular formula is C23H17ClFN3O3. The van der Waals surface area contributed by atoms with E-state index in [1.54, 1.807) is 42.5 Å². The van der Waals surface area contributed by atoms with E-state index in [1.165, 1.54) is 35.9 Å². The summed E-state index contributed by atoms with van der Waals surface area (Å²) in [6.45, 7) is 0. The smallest absolute Gasteiger partial charge is 0.263 e. The van der Waals surface area contributed by atoms with Gasteiger partial charge in [-0.15, -0.1) is 0 Å². The second-order valence-electron chi connectivity index (χ2n) is 6.72. The number of hydrogen-bond donors (Lipinski definition) is 2. The lowest BCUT2D eigenvalue weighted by Gasteiger charge is -2.11. The predicted molar refractivity (Wildman–Crippen MR) is 118 cm³/mol. The average molecular weight is 438 g/mol. The molecular weight excluding hydrogens is 421 g/mol. The van der Waals surface area contributed by atoms with Crippen molar-refractivity contribution in [2.45, 2.75) is 0 Å². The van der Waals surface area contributed by atoms with Gasteiger partial charge in [-0.3, -0.25) is 14.2 Å². The van der Waals surface area contributed by atoms with E-state index in [4.69, 9.17) is 22.1 Å². The van der Waals surface area contributed by atoms with Crippen LogP contribution >= 0.6 is 11.6 Å². The van der Waals surface area contributed by atoms with Crippen molar-refractivity contribution >= 4 is 45.8 Å². The quantitative estimate of drug-likeness (QED) is 0.472. The molecule has 0 atom stereocenters. The number of methoxy groups -OCH3 is 1. The summed E-state index contributed by atoms with van der Waals surface area (Å²) < 4.78 is 19.8. The minimum Gasteiger partial charge on any atom is -0.495 e. The molecule has 1 aromatic heterocycles. The number of amides is 1. The predicted octanol–water partition coefficient (Wildman–Crippen LogP) is 4.97. The summed E-state index contributed by atoms with van der Waals surface area (Å²) in [5.74, 6) is -1.08. The summed E-state index contributed by atoms with van der Waals surface area (Å²) in [4.78, 5) is 26.3. The zero-order chi connectivity index (χ0) is 22.1. The number of fused-ring (bicyclic) bond motifs is 1. The fourth-order valence-electron chi connectivity index (χ4n) is 3.40. The molecule has 0 unspecified atom stereocenters. The molecule has 0 saturated carbocycles. The number of carbonyl (C=O) groups excluding carboxylic acids is 2. The van der Waals surface area contributed by atoms with Crippen LogP contribution in [0.4, 0.5) is 15.9 Å². The summed E-state index contributed by atoms with van der Waals surface area (Å²) in [6.07, 6.45) is 0. The van der Waals surface area contributed by atoms with Crippen LogP contribution in [0.5, 0.6) is 5.75 Å². The highest BCUT2D eigenvalue weighted by Crippen LogP contribution is 2.32. The van der Waals surface area contributed by atoms with Crippen LogP contribution in [-0.4, -0.2) is 23.5 Å². The molecule has 0 fully saturated rings. The minimum absolute atomic E-state index is 0.0333. The van der Waals surface area contributed by atoms with Gasteiger partial charge in [0.25, 0.3) is 11.8 Å². The number of carbonyl (C=O) groups is 2. The monoisotopic (exact) mass is 437 g/mol. The van der Waals surface area contributed by atoms with Gasteiger partial charge in [0.05, 0.1) is 23.9 Å². The molecule has 0 aliphatic rings. The lowest BCUT2D eigenvalue weighted by atomic mass is 10.1. The molecule has 156 valence electrons. The van der Waals surface area contributed by atoms with E-state index in [-0.39, 0.29) is 16.9 Å². The first-order valence-electron chi connectivity index (χ1n) is 9.24. The summed E-state index contributed by atoms with van der Waals surface area (Å²) in [5.41, 5.74) is 7.47. The Labute approximate surface area is 182 Å². The number of nitrogens with one attached hydrogen (secondary N) is 1. The van der Waals surface area contributed by atoms with E-state index < -0.39 is 17.6 Å². The number of anilines is 2. The first-order valence-corrected chi connectivity index (χ1v) is 9.62. The number of para-hydroxylation sites is 1. The standard InChI is InChI=1S/C23H17ClFN3O3/c1-31-19-11-8-14(24)12-17(19)27-22(29)20-16-4-2-3-5-18(16)28(21(20)26)23(30)13-6-9-15(25)10-7-13/h2-12H,26H2,1H3,(H,27,29). The number of rotatable bonds is 4. The van der Waals surface area contributed by atoms with Crippen LogP contribution in [0.25, 0.3) is 10.9 Å². The van der Waals surface area contributed by atoms with Gasteiger partial charge in [0.2, 0.25) is 0 Å². The van der Waals surface area contributed by atoms with Crippen LogP contribution in [0, 0.1) is 5.82 Å². The Balaban J connectivity index is 1.82. The van der Waals surface area contributed by atoms with Gasteiger partial charge in [-0.25, -0.2) is 4.39 Å². The third-order valence-corrected chi connectivity index (χ3v) is 5.08. The van der Waals surface area contributed by atoms with Gasteiger partial charge < -0.3 is 15.8 Å². The second kappa shape index (κ2) is 8.12. The van der Waals surface area contributed by atoms with Gasteiger partial charge in [-0.1, -0.05) is 29.8 Å². The molecule has 0 saturated heterocycles. The van der Waals surface area contributed by atoms with Crippen molar-refractivity contribution in [2.24, 2.45) is 0 Å². The zero-order valence-electron chi connectivity index (χ0n) is 16.4. The number of nitrogen functional groups attached to an aromatic ring is 1. The Hall–Kier alpha value is -3.84. The Bertz CT molecular complexity index is 1320. The van der Waals surface area contributed by atoms with E-state index in [0.717, 1.165) is 0 Å². The SMILES string of the molecule is COc1ccc(Cl)cc1NC(=O)c1c(N)n(C(=O)c2ccc(F)cc2)c2ccccc12. The van der Waals surface area contributed by atoms with E-state index in [0.29, 0.717) is 27.4 Å². The molecule has 0 aliphatic carbocycles. The number of benzene rings is 3. The number of ether oxygens (including phenoxy) is 1. The number of nitrogens with zero attached hydrogens (tertiary/aromatic N) is 1. The zero-order valence-corrected chi connectivity index (χ0v) is 17.1. The normalized spacial score (nSPS) is 10.8. The van der Waals surface area contributed by atoms with Crippen LogP contribution in [0.3, 0.4) is 0 Å². The largest absolute Gasteiger partial charge is 0.495 e. The third-order valence-electron chi connectivity index (χ3n) is 4.84. The third kappa shape index (κ3) is 3.71. The van der Waals surface area contributed by atoms with Gasteiger partial charge in [-0.2, -0.15) is 0 Å². The Morgan fingerprint density at radius 2 is 1.77 bits per heavy atom. The van der Waals surface area contributed by atoms with Crippen molar-refractivity contribution in [3.63, 3.8) is 0 Å². The van der Waals surface area contributed by atoms with Crippen molar-refractivity contribution in [3.8, 4) is 5.75 Å². The van der Waals surface area contributed by atoms with E-state index in [2.05, 4.69) is 5.32 Å². The molecule has 4 rings (SSSR count). The summed E-state index contributed by atoms with van der Waals surface area (Å²) in [7, 11) is 1.47. The Morgan fingerprint density at radius 1 is 1.06 bits per heavy atom. The van der Waals surface area contributed by atoms with Crippen LogP contribution < -0.4 is 15.8 Å². The van der Waals surface area contributed by atoms with Crippen LogP contribution in [-0.2, 0) is 0 Å². The van der Waals surface area contributed by atoms with Crippen LogP contribution in [0.1, 0.15) is 20.7 Å². The first-order chi connectivity index (χ1) is 14.9. The molecule has 0 bridgehead atoms. The molecule has 1 amide bonds. The molecule has 31 heavy (non-hydrogen) atoms. The van der Waals surface area contributed by atoms with E-state index >= 15 is 0 Å². The van der Waals surface area contributed by atoms with Crippen molar-refractivity contribution in [2.75, 3.05) is 18.2 Å². The first kappa shape index (κ1) is 20.4. The van der Waals surface area contributed by atoms with Gasteiger partial charge in [0.1, 0.15) is 17.4 Å². The highest BCUT2D eigenvalue weighted by atomic mass is 35.5. The molecule has 3 N–H and O–H groups in total. The minimum atomic E-state index is -0.528. The van der Waals surface area contributed by atoms with Crippen molar-refractivity contribution in [1.82, 2.24) is 4.57 Å². The van der Waals surface area contributed by atoms with E-state index in [9.17, 15) is 14.0 Å². The van der Waals surface area contributed by atoms with Gasteiger partial charge in [0, 0.05) is 16.0 Å². The lowest BCUT2D eigenvalue weighted by Crippen LogP contribution is -2.18. The Kier molecular flexibility index (Phi) is 5.35. The van der Waals surface area contributed by atoms with Crippen LogP contribution in [0.15, 0.2) is 66.7 Å². The fourth-order valence-corrected chi connectivity index (χ4v) is 3.57. The number of halogens is 2. The highest BCUT2D eigenvalue weighted by molar-refractivity contribution is 6.31. The molecule has 3 aromatic carbocycles.